The minimum Gasteiger partial charge on any atom is -1.00 e. The molecule has 0 aliphatic heterocycles. The van der Waals surface area contributed by atoms with Crippen LogP contribution in [0.25, 0.3) is 0 Å². The normalized spacial score (nSPS) is 6.12. The smallest absolute Gasteiger partial charge is 1.00 e. The molecule has 0 unspecified atom stereocenters. The van der Waals surface area contributed by atoms with E-state index in [1.807, 2.05) is 0 Å². The molecule has 0 spiro atoms. The summed E-state index contributed by atoms with van der Waals surface area (Å²) in [4.78, 5) is 9.49. The van der Waals surface area contributed by atoms with Crippen LogP contribution in [0.5, 0.6) is 0 Å². The van der Waals surface area contributed by atoms with Crippen LogP contribution in [-0.2, 0) is 4.79 Å². The minimum absolute atomic E-state index is 0. The van der Waals surface area contributed by atoms with E-state index in [0.717, 1.165) is 0 Å². The number of hydrogen-bond donors (Lipinski definition) is 0. The Morgan fingerprint density at radius 2 is 2.12 bits per heavy atom. The van der Waals surface area contributed by atoms with Gasteiger partial charge in [0.25, 0.3) is 0 Å². The van der Waals surface area contributed by atoms with Gasteiger partial charge in [-0.15, -0.1) is 0 Å². The molecule has 0 aliphatic carbocycles. The number of carboxylic acids is 1. The molecular weight excluding hydrogens is 142 g/mol. The van der Waals surface area contributed by atoms with Crippen molar-refractivity contribution in [2.45, 2.75) is 19.8 Å². The molecule has 0 amide bonds. The van der Waals surface area contributed by atoms with Crippen molar-refractivity contribution >= 4 is 5.97 Å². The third-order valence-electron chi connectivity index (χ3n) is 0.454. The maximum atomic E-state index is 9.49. The zero-order valence-corrected chi connectivity index (χ0v) is 10.9. The number of carbonyl (C=O) groups excluding carboxylic acids is 1. The van der Waals surface area contributed by atoms with Gasteiger partial charge < -0.3 is 11.3 Å². The summed E-state index contributed by atoms with van der Waals surface area (Å²) in [6.45, 7) is 1.80. The molecule has 0 atom stereocenters. The predicted octanol–water partition coefficient (Wildman–Crippen LogP) is -6.34. The van der Waals surface area contributed by atoms with Crippen LogP contribution in [-0.4, -0.2) is 5.97 Å². The zero-order valence-electron chi connectivity index (χ0n) is 6.73. The van der Waals surface area contributed by atoms with Crippen molar-refractivity contribution < 1.29 is 92.3 Å². The molecule has 8 heavy (non-hydrogen) atoms. The first-order valence-electron chi connectivity index (χ1n) is 1.97. The molecule has 0 heterocycles. The van der Waals surface area contributed by atoms with Crippen LogP contribution in [0.1, 0.15) is 21.2 Å². The van der Waals surface area contributed by atoms with Crippen molar-refractivity contribution in [2.24, 2.45) is 0 Å². The van der Waals surface area contributed by atoms with Gasteiger partial charge in [0.15, 0.2) is 0 Å². The van der Waals surface area contributed by atoms with Gasteiger partial charge in [-0.05, 0) is 6.42 Å². The van der Waals surface area contributed by atoms with Crippen LogP contribution < -0.4 is 86.0 Å². The average Bonchev–Trinajstić information content (AvgIpc) is 1.35. The zero-order chi connectivity index (χ0) is 4.99. The fourth-order valence-electron chi connectivity index (χ4n) is 0.204. The van der Waals surface area contributed by atoms with Crippen molar-refractivity contribution in [3.05, 3.63) is 0 Å². The first kappa shape index (κ1) is 16.6. The fourth-order valence-corrected chi connectivity index (χ4v) is 0.204. The van der Waals surface area contributed by atoms with Crippen molar-refractivity contribution in [3.63, 3.8) is 0 Å². The van der Waals surface area contributed by atoms with Crippen LogP contribution in [0.2, 0.25) is 0 Å². The SMILES string of the molecule is CCCC(=O)[O-].[H-].[K+].[Na+]. The van der Waals surface area contributed by atoms with Gasteiger partial charge in [-0.25, -0.2) is 0 Å². The molecule has 0 radical (unpaired) electrons. The van der Waals surface area contributed by atoms with Gasteiger partial charge in [0, 0.05) is 5.97 Å². The Balaban J connectivity index is -0.0000000417. The van der Waals surface area contributed by atoms with E-state index in [9.17, 15) is 9.90 Å². The molecule has 0 aromatic rings. The van der Waals surface area contributed by atoms with Crippen LogP contribution >= 0.6 is 0 Å². The Bertz CT molecular complexity index is 62.5. The van der Waals surface area contributed by atoms with Gasteiger partial charge in [0.2, 0.25) is 0 Å². The second-order valence-corrected chi connectivity index (χ2v) is 1.12. The number of carbonyl (C=O) groups is 1. The molecule has 0 rings (SSSR count). The molecule has 4 heteroatoms. The Morgan fingerprint density at radius 3 is 2.12 bits per heavy atom. The number of hydrogen-bond acceptors (Lipinski definition) is 2. The Morgan fingerprint density at radius 1 is 1.75 bits per heavy atom. The number of rotatable bonds is 2. The topological polar surface area (TPSA) is 40.1 Å². The summed E-state index contributed by atoms with van der Waals surface area (Å²) in [5, 5.41) is 9.49. The van der Waals surface area contributed by atoms with Crippen molar-refractivity contribution in [1.29, 1.82) is 0 Å². The Kier molecular flexibility index (Phi) is 24.6. The third kappa shape index (κ3) is 15.7. The molecule has 38 valence electrons. The maximum Gasteiger partial charge on any atom is 1.00 e. The molecule has 0 aliphatic rings. The Labute approximate surface area is 116 Å². The maximum absolute atomic E-state index is 9.49. The van der Waals surface area contributed by atoms with E-state index < -0.39 is 5.97 Å². The van der Waals surface area contributed by atoms with E-state index in [-0.39, 0.29) is 88.8 Å². The minimum atomic E-state index is -0.961. The van der Waals surface area contributed by atoms with Crippen LogP contribution in [0.4, 0.5) is 0 Å². The summed E-state index contributed by atoms with van der Waals surface area (Å²) >= 11 is 0. The van der Waals surface area contributed by atoms with E-state index >= 15 is 0 Å². The van der Waals surface area contributed by atoms with Gasteiger partial charge in [-0.3, -0.25) is 0 Å². The number of aliphatic carboxylic acids is 1. The van der Waals surface area contributed by atoms with E-state index in [1.54, 1.807) is 6.92 Å². The van der Waals surface area contributed by atoms with E-state index in [0.29, 0.717) is 6.42 Å². The summed E-state index contributed by atoms with van der Waals surface area (Å²) in [7, 11) is 0. The van der Waals surface area contributed by atoms with Gasteiger partial charge in [-0.1, -0.05) is 13.3 Å². The summed E-state index contributed by atoms with van der Waals surface area (Å²) in [5.41, 5.74) is 0. The molecule has 2 nitrogen and oxygen atoms in total. The second-order valence-electron chi connectivity index (χ2n) is 1.12. The van der Waals surface area contributed by atoms with Crippen LogP contribution in [0.15, 0.2) is 0 Å². The Hall–Kier alpha value is 2.11. The second kappa shape index (κ2) is 11.8. The van der Waals surface area contributed by atoms with Gasteiger partial charge in [-0.2, -0.15) is 0 Å². The molecule has 0 saturated carbocycles. The number of carboxylic acid groups (broad SMARTS) is 1. The molecule has 0 saturated heterocycles. The van der Waals surface area contributed by atoms with E-state index in [1.165, 1.54) is 0 Å². The summed E-state index contributed by atoms with van der Waals surface area (Å²) < 4.78 is 0. The van der Waals surface area contributed by atoms with Crippen molar-refractivity contribution in [3.8, 4) is 0 Å². The summed E-state index contributed by atoms with van der Waals surface area (Å²) in [6, 6.07) is 0. The van der Waals surface area contributed by atoms with E-state index in [4.69, 9.17) is 0 Å². The molecular formula is C4H8KNaO2. The molecule has 0 fully saturated rings. The largest absolute Gasteiger partial charge is 1.00 e. The third-order valence-corrected chi connectivity index (χ3v) is 0.454. The summed E-state index contributed by atoms with van der Waals surface area (Å²) in [6.07, 6.45) is 0.850. The van der Waals surface area contributed by atoms with Gasteiger partial charge in [0.05, 0.1) is 0 Å². The quantitative estimate of drug-likeness (QED) is 0.367. The van der Waals surface area contributed by atoms with Crippen molar-refractivity contribution in [2.75, 3.05) is 0 Å². The van der Waals surface area contributed by atoms with Gasteiger partial charge in [0.1, 0.15) is 0 Å². The van der Waals surface area contributed by atoms with E-state index in [2.05, 4.69) is 0 Å². The summed E-state index contributed by atoms with van der Waals surface area (Å²) in [5.74, 6) is -0.961. The molecule has 0 aromatic carbocycles. The predicted molar refractivity (Wildman–Crippen MR) is 21.0 cm³/mol. The first-order valence-corrected chi connectivity index (χ1v) is 1.97. The van der Waals surface area contributed by atoms with Gasteiger partial charge >= 0.3 is 80.9 Å². The fraction of sp³-hybridized carbons (Fsp3) is 0.750. The standard InChI is InChI=1S/C4H8O2.K.Na.H/c1-2-3-4(5)6;;;/h2-3H2,1H3,(H,5,6);;;/q;2*+1;-1/p-1. The molecule has 0 N–H and O–H groups in total. The monoisotopic (exact) mass is 150 g/mol. The van der Waals surface area contributed by atoms with Crippen LogP contribution in [0.3, 0.4) is 0 Å². The molecule has 0 bridgehead atoms. The average molecular weight is 150 g/mol. The van der Waals surface area contributed by atoms with Crippen molar-refractivity contribution in [1.82, 2.24) is 0 Å². The first-order chi connectivity index (χ1) is 2.77. The molecule has 0 aromatic heterocycles. The van der Waals surface area contributed by atoms with Crippen LogP contribution in [0, 0.1) is 0 Å².